The highest BCUT2D eigenvalue weighted by molar-refractivity contribution is 8.13. The van der Waals surface area contributed by atoms with E-state index >= 15 is 0 Å². The van der Waals surface area contributed by atoms with Gasteiger partial charge in [-0.1, -0.05) is 13.5 Å². The van der Waals surface area contributed by atoms with Crippen LogP contribution in [0.15, 0.2) is 17.1 Å². The summed E-state index contributed by atoms with van der Waals surface area (Å²) in [7, 11) is 3.15. The number of hydrogen-bond donors (Lipinski definition) is 0. The summed E-state index contributed by atoms with van der Waals surface area (Å²) in [5.41, 5.74) is 0.950. The first-order chi connectivity index (χ1) is 9.38. The SMILES string of the molecule is C=C(C)C[N+]1=C(SCC)N=C2C1C(=O)N(C)C(=O)N2C. The quantitative estimate of drug-likeness (QED) is 0.576. The molecule has 0 radical (unpaired) electrons. The number of thioether (sulfide) groups is 1. The van der Waals surface area contributed by atoms with Crippen molar-refractivity contribution >= 4 is 34.7 Å². The van der Waals surface area contributed by atoms with Crippen LogP contribution >= 0.6 is 11.8 Å². The van der Waals surface area contributed by atoms with Crippen molar-refractivity contribution in [2.24, 2.45) is 4.99 Å². The number of likely N-dealkylation sites (N-methyl/N-ethyl adjacent to an activating group) is 2. The molecule has 1 unspecified atom stereocenters. The maximum absolute atomic E-state index is 12.4. The molecule has 6 nitrogen and oxygen atoms in total. The zero-order valence-electron chi connectivity index (χ0n) is 12.2. The number of carbonyl (C=O) groups excluding carboxylic acids is 2. The van der Waals surface area contributed by atoms with E-state index in [-0.39, 0.29) is 11.9 Å². The van der Waals surface area contributed by atoms with Crippen LogP contribution < -0.4 is 0 Å². The number of amidine groups is 2. The van der Waals surface area contributed by atoms with E-state index in [1.807, 2.05) is 18.4 Å². The van der Waals surface area contributed by atoms with E-state index in [9.17, 15) is 9.59 Å². The smallest absolute Gasteiger partial charge is 0.269 e. The monoisotopic (exact) mass is 295 g/mol. The lowest BCUT2D eigenvalue weighted by Gasteiger charge is -2.30. The predicted octanol–water partition coefficient (Wildman–Crippen LogP) is 0.989. The second-order valence-electron chi connectivity index (χ2n) is 4.91. The lowest BCUT2D eigenvalue weighted by molar-refractivity contribution is -0.524. The average molecular weight is 295 g/mol. The number of urea groups is 1. The van der Waals surface area contributed by atoms with Crippen LogP contribution in [0.1, 0.15) is 13.8 Å². The molecular formula is C13H19N4O2S+. The van der Waals surface area contributed by atoms with Gasteiger partial charge in [0.25, 0.3) is 17.8 Å². The summed E-state index contributed by atoms with van der Waals surface area (Å²) in [5.74, 6) is 1.13. The first-order valence-corrected chi connectivity index (χ1v) is 7.41. The van der Waals surface area contributed by atoms with Crippen molar-refractivity contribution in [2.75, 3.05) is 26.4 Å². The normalized spacial score (nSPS) is 22.4. The molecule has 1 saturated heterocycles. The van der Waals surface area contributed by atoms with Crippen molar-refractivity contribution in [3.63, 3.8) is 0 Å². The highest BCUT2D eigenvalue weighted by atomic mass is 32.2. The maximum Gasteiger partial charge on any atom is 0.358 e. The fourth-order valence-electron chi connectivity index (χ4n) is 2.27. The van der Waals surface area contributed by atoms with Crippen LogP contribution in [0.2, 0.25) is 0 Å². The van der Waals surface area contributed by atoms with E-state index in [2.05, 4.69) is 11.6 Å². The Hall–Kier alpha value is -1.63. The number of hydrogen-bond acceptors (Lipinski definition) is 4. The van der Waals surface area contributed by atoms with Crippen LogP contribution in [0.5, 0.6) is 0 Å². The van der Waals surface area contributed by atoms with Crippen LogP contribution in [0.3, 0.4) is 0 Å². The highest BCUT2D eigenvalue weighted by Crippen LogP contribution is 2.23. The van der Waals surface area contributed by atoms with Crippen LogP contribution in [0.25, 0.3) is 0 Å². The molecule has 0 aromatic rings. The molecule has 20 heavy (non-hydrogen) atoms. The van der Waals surface area contributed by atoms with Crippen molar-refractivity contribution in [1.82, 2.24) is 9.80 Å². The molecule has 1 atom stereocenters. The summed E-state index contributed by atoms with van der Waals surface area (Å²) in [6, 6.07) is -0.864. The van der Waals surface area contributed by atoms with Gasteiger partial charge < -0.3 is 0 Å². The number of carbonyl (C=O) groups is 2. The van der Waals surface area contributed by atoms with Gasteiger partial charge >= 0.3 is 11.2 Å². The number of fused-ring (bicyclic) bond motifs is 1. The third kappa shape index (κ3) is 2.26. The largest absolute Gasteiger partial charge is 0.358 e. The fourth-order valence-corrected chi connectivity index (χ4v) is 3.02. The topological polar surface area (TPSA) is 56.0 Å². The third-order valence-corrected chi connectivity index (χ3v) is 4.08. The molecule has 7 heteroatoms. The lowest BCUT2D eigenvalue weighted by Crippen LogP contribution is -2.61. The highest BCUT2D eigenvalue weighted by Gasteiger charge is 2.52. The number of rotatable bonds is 3. The number of nitrogens with zero attached hydrogens (tertiary/aromatic N) is 4. The van der Waals surface area contributed by atoms with Gasteiger partial charge in [0.1, 0.15) is 6.54 Å². The van der Waals surface area contributed by atoms with Crippen molar-refractivity contribution in [1.29, 1.82) is 0 Å². The minimum atomic E-state index is -0.520. The van der Waals surface area contributed by atoms with E-state index in [1.165, 1.54) is 11.9 Å². The molecule has 0 aliphatic carbocycles. The molecule has 2 aliphatic heterocycles. The van der Waals surface area contributed by atoms with Crippen molar-refractivity contribution in [3.8, 4) is 0 Å². The van der Waals surface area contributed by atoms with Crippen molar-refractivity contribution in [2.45, 2.75) is 19.9 Å². The molecular weight excluding hydrogens is 276 g/mol. The van der Waals surface area contributed by atoms with Crippen LogP contribution in [0.4, 0.5) is 4.79 Å². The van der Waals surface area contributed by atoms with Gasteiger partial charge in [-0.25, -0.2) is 9.37 Å². The molecule has 0 aromatic carbocycles. The summed E-state index contributed by atoms with van der Waals surface area (Å²) >= 11 is 1.57. The first-order valence-electron chi connectivity index (χ1n) is 6.43. The van der Waals surface area contributed by atoms with Crippen LogP contribution in [-0.2, 0) is 4.79 Å². The van der Waals surface area contributed by atoms with Gasteiger partial charge in [0.2, 0.25) is 0 Å². The van der Waals surface area contributed by atoms with Crippen molar-refractivity contribution in [3.05, 3.63) is 12.2 Å². The fraction of sp³-hybridized carbons (Fsp3) is 0.538. The van der Waals surface area contributed by atoms with Crippen LogP contribution in [-0.4, -0.2) is 69.8 Å². The standard InChI is InChI=1S/C13H19N4O2S/c1-6-20-12-14-10-9(17(12)7-8(2)3)11(18)16(5)13(19)15(10)4/h9H,2,6-7H2,1,3-5H3/q+1. The Labute approximate surface area is 122 Å². The molecule has 0 N–H and O–H groups in total. The van der Waals surface area contributed by atoms with Crippen LogP contribution in [0, 0.1) is 0 Å². The third-order valence-electron chi connectivity index (χ3n) is 3.21. The first kappa shape index (κ1) is 14.8. The maximum atomic E-state index is 12.4. The summed E-state index contributed by atoms with van der Waals surface area (Å²) in [6.45, 7) is 8.41. The van der Waals surface area contributed by atoms with Crippen molar-refractivity contribution < 1.29 is 14.2 Å². The van der Waals surface area contributed by atoms with Gasteiger partial charge in [-0.3, -0.25) is 14.6 Å². The van der Waals surface area contributed by atoms with E-state index < -0.39 is 6.04 Å². The van der Waals surface area contributed by atoms with Gasteiger partial charge in [0.15, 0.2) is 0 Å². The minimum Gasteiger partial charge on any atom is -0.269 e. The number of imide groups is 1. The van der Waals surface area contributed by atoms with E-state index in [0.29, 0.717) is 12.4 Å². The summed E-state index contributed by atoms with van der Waals surface area (Å²) in [5, 5.41) is 0.777. The molecule has 1 fully saturated rings. The van der Waals surface area contributed by atoms with E-state index in [4.69, 9.17) is 0 Å². The van der Waals surface area contributed by atoms with Gasteiger partial charge in [-0.05, 0) is 29.3 Å². The second-order valence-corrected chi connectivity index (χ2v) is 6.14. The Kier molecular flexibility index (Phi) is 3.99. The molecule has 3 amide bonds. The van der Waals surface area contributed by atoms with E-state index in [0.717, 1.165) is 21.4 Å². The molecule has 0 bridgehead atoms. The predicted molar refractivity (Wildman–Crippen MR) is 80.2 cm³/mol. The number of amides is 3. The minimum absolute atomic E-state index is 0.236. The zero-order valence-corrected chi connectivity index (χ0v) is 13.0. The average Bonchev–Trinajstić information content (AvgIpc) is 2.73. The van der Waals surface area contributed by atoms with Gasteiger partial charge in [0.05, 0.1) is 0 Å². The zero-order chi connectivity index (χ0) is 15.0. The lowest BCUT2D eigenvalue weighted by atomic mass is 10.1. The Morgan fingerprint density at radius 3 is 2.60 bits per heavy atom. The Balaban J connectivity index is 2.46. The van der Waals surface area contributed by atoms with Gasteiger partial charge in [-0.2, -0.15) is 0 Å². The molecule has 0 spiro atoms. The second kappa shape index (κ2) is 5.40. The summed E-state index contributed by atoms with van der Waals surface area (Å²) in [4.78, 5) is 31.5. The molecule has 108 valence electrons. The summed E-state index contributed by atoms with van der Waals surface area (Å²) in [6.07, 6.45) is 0. The summed E-state index contributed by atoms with van der Waals surface area (Å²) < 4.78 is 1.92. The molecule has 2 aliphatic rings. The molecule has 0 aromatic heterocycles. The Morgan fingerprint density at radius 1 is 1.40 bits per heavy atom. The number of aliphatic imine (C=N–C) groups is 1. The van der Waals surface area contributed by atoms with Gasteiger partial charge in [0, 0.05) is 19.8 Å². The molecule has 0 saturated carbocycles. The Bertz CT molecular complexity index is 553. The molecule has 2 heterocycles. The van der Waals surface area contributed by atoms with Gasteiger partial charge in [-0.15, -0.1) is 0 Å². The Morgan fingerprint density at radius 2 is 2.05 bits per heavy atom. The van der Waals surface area contributed by atoms with E-state index in [1.54, 1.807) is 18.8 Å². The molecule has 2 rings (SSSR count).